The van der Waals surface area contributed by atoms with Crippen LogP contribution in [-0.4, -0.2) is 31.8 Å². The molecule has 0 fully saturated rings. The largest absolute Gasteiger partial charge is 0.358 e. The number of rotatable bonds is 6. The Morgan fingerprint density at radius 2 is 1.72 bits per heavy atom. The summed E-state index contributed by atoms with van der Waals surface area (Å²) in [5, 5.41) is 8.88. The van der Waals surface area contributed by atoms with Crippen molar-refractivity contribution >= 4 is 45.9 Å². The maximum absolute atomic E-state index is 12.7. The van der Waals surface area contributed by atoms with Gasteiger partial charge in [-0.3, -0.25) is 14.6 Å². The number of anilines is 4. The summed E-state index contributed by atoms with van der Waals surface area (Å²) in [5.74, 6) is 0.0510. The van der Waals surface area contributed by atoms with E-state index in [-0.39, 0.29) is 11.8 Å². The molecule has 3 aromatic heterocycles. The van der Waals surface area contributed by atoms with Gasteiger partial charge in [0.15, 0.2) is 0 Å². The Balaban J connectivity index is 1.34. The van der Waals surface area contributed by atoms with Crippen molar-refractivity contribution in [3.05, 3.63) is 90.4 Å². The molecular formula is C27H23N7O2. The van der Waals surface area contributed by atoms with Crippen LogP contribution in [-0.2, 0) is 4.79 Å². The van der Waals surface area contributed by atoms with Crippen LogP contribution in [0.15, 0.2) is 79.3 Å². The molecule has 0 aliphatic carbocycles. The number of carbonyl (C=O) groups excluding carboxylic acids is 2. The second-order valence-electron chi connectivity index (χ2n) is 8.24. The molecular weight excluding hydrogens is 454 g/mol. The van der Waals surface area contributed by atoms with Crippen molar-refractivity contribution in [1.29, 1.82) is 0 Å². The molecule has 3 heterocycles. The fourth-order valence-electron chi connectivity index (χ4n) is 3.83. The number of carbonyl (C=O) groups is 2. The first-order chi connectivity index (χ1) is 17.5. The second kappa shape index (κ2) is 9.67. The lowest BCUT2D eigenvalue weighted by atomic mass is 10.1. The van der Waals surface area contributed by atoms with Crippen molar-refractivity contribution in [3.63, 3.8) is 0 Å². The van der Waals surface area contributed by atoms with E-state index in [1.807, 2.05) is 49.5 Å². The monoisotopic (exact) mass is 477 g/mol. The highest BCUT2D eigenvalue weighted by Gasteiger charge is 2.13. The number of fused-ring (bicyclic) bond motifs is 1. The summed E-state index contributed by atoms with van der Waals surface area (Å²) >= 11 is 0. The lowest BCUT2D eigenvalue weighted by Gasteiger charge is -2.12. The highest BCUT2D eigenvalue weighted by molar-refractivity contribution is 6.04. The van der Waals surface area contributed by atoms with Gasteiger partial charge < -0.3 is 20.9 Å². The molecule has 0 saturated heterocycles. The minimum atomic E-state index is -0.244. The summed E-state index contributed by atoms with van der Waals surface area (Å²) in [5.41, 5.74) is 6.78. The number of aryl methyl sites for hydroxylation is 1. The van der Waals surface area contributed by atoms with Gasteiger partial charge in [-0.2, -0.15) is 0 Å². The van der Waals surface area contributed by atoms with E-state index < -0.39 is 0 Å². The van der Waals surface area contributed by atoms with Crippen LogP contribution in [0.25, 0.3) is 22.3 Å². The normalized spacial score (nSPS) is 10.7. The molecule has 0 unspecified atom stereocenters. The smallest absolute Gasteiger partial charge is 0.255 e. The molecule has 36 heavy (non-hydrogen) atoms. The minimum absolute atomic E-state index is 0.164. The third kappa shape index (κ3) is 4.90. The van der Waals surface area contributed by atoms with Gasteiger partial charge in [0, 0.05) is 53.7 Å². The van der Waals surface area contributed by atoms with E-state index in [9.17, 15) is 9.59 Å². The average molecular weight is 478 g/mol. The third-order valence-corrected chi connectivity index (χ3v) is 5.54. The summed E-state index contributed by atoms with van der Waals surface area (Å²) in [6.07, 6.45) is 5.32. The molecule has 9 heteroatoms. The van der Waals surface area contributed by atoms with Crippen LogP contribution in [0.4, 0.5) is 23.0 Å². The Morgan fingerprint density at radius 1 is 0.917 bits per heavy atom. The van der Waals surface area contributed by atoms with E-state index >= 15 is 0 Å². The molecule has 2 aromatic carbocycles. The van der Waals surface area contributed by atoms with Gasteiger partial charge in [-0.1, -0.05) is 0 Å². The van der Waals surface area contributed by atoms with Gasteiger partial charge in [0.1, 0.15) is 5.69 Å². The number of nitrogens with one attached hydrogen (secondary N) is 4. The number of aromatic amines is 1. The van der Waals surface area contributed by atoms with Gasteiger partial charge in [0.2, 0.25) is 11.9 Å². The van der Waals surface area contributed by atoms with Gasteiger partial charge >= 0.3 is 0 Å². The first kappa shape index (κ1) is 22.7. The number of nitrogens with zero attached hydrogens (tertiary/aromatic N) is 3. The summed E-state index contributed by atoms with van der Waals surface area (Å²) in [6, 6.07) is 18.0. The number of amides is 2. The molecule has 0 radical (unpaired) electrons. The molecule has 0 spiro atoms. The SMILES string of the molecule is CC(=O)Nc1ccc(C(=O)Nc2ccc(Nc3nc(-c4cccnc4)c4[nH]ccc4n3)c(C)c2)cc1. The number of H-pyrrole nitrogens is 1. The van der Waals surface area contributed by atoms with Crippen LogP contribution < -0.4 is 16.0 Å². The van der Waals surface area contributed by atoms with E-state index in [0.717, 1.165) is 33.5 Å². The second-order valence-corrected chi connectivity index (χ2v) is 8.24. The van der Waals surface area contributed by atoms with E-state index in [4.69, 9.17) is 4.98 Å². The predicted molar refractivity (Wildman–Crippen MR) is 140 cm³/mol. The maximum atomic E-state index is 12.7. The lowest BCUT2D eigenvalue weighted by Crippen LogP contribution is -2.12. The highest BCUT2D eigenvalue weighted by atomic mass is 16.2. The first-order valence-electron chi connectivity index (χ1n) is 11.3. The molecule has 0 bridgehead atoms. The van der Waals surface area contributed by atoms with E-state index in [2.05, 4.69) is 30.9 Å². The van der Waals surface area contributed by atoms with Crippen LogP contribution in [0.5, 0.6) is 0 Å². The number of aromatic nitrogens is 4. The van der Waals surface area contributed by atoms with Gasteiger partial charge in [-0.25, -0.2) is 9.97 Å². The molecule has 0 saturated carbocycles. The predicted octanol–water partition coefficient (Wildman–Crippen LogP) is 5.28. The Hall–Kier alpha value is -5.05. The number of pyridine rings is 1. The summed E-state index contributed by atoms with van der Waals surface area (Å²) in [4.78, 5) is 40.6. The quantitative estimate of drug-likeness (QED) is 0.264. The molecule has 0 aliphatic rings. The number of hydrogen-bond donors (Lipinski definition) is 4. The molecule has 0 aliphatic heterocycles. The van der Waals surface area contributed by atoms with Crippen LogP contribution in [0.3, 0.4) is 0 Å². The van der Waals surface area contributed by atoms with Gasteiger partial charge in [0.05, 0.1) is 11.0 Å². The fraction of sp³-hybridized carbons (Fsp3) is 0.0741. The van der Waals surface area contributed by atoms with Crippen molar-refractivity contribution in [3.8, 4) is 11.3 Å². The number of hydrogen-bond acceptors (Lipinski definition) is 6. The zero-order valence-electron chi connectivity index (χ0n) is 19.7. The zero-order chi connectivity index (χ0) is 25.1. The number of benzene rings is 2. The van der Waals surface area contributed by atoms with Gasteiger partial charge in [-0.15, -0.1) is 0 Å². The molecule has 178 valence electrons. The Kier molecular flexibility index (Phi) is 6.10. The average Bonchev–Trinajstić information content (AvgIpc) is 3.34. The summed E-state index contributed by atoms with van der Waals surface area (Å²) in [6.45, 7) is 3.38. The highest BCUT2D eigenvalue weighted by Crippen LogP contribution is 2.28. The molecule has 4 N–H and O–H groups in total. The van der Waals surface area contributed by atoms with Crippen LogP contribution in [0.2, 0.25) is 0 Å². The van der Waals surface area contributed by atoms with Crippen molar-refractivity contribution in [2.75, 3.05) is 16.0 Å². The maximum Gasteiger partial charge on any atom is 0.255 e. The first-order valence-corrected chi connectivity index (χ1v) is 11.3. The Morgan fingerprint density at radius 3 is 2.44 bits per heavy atom. The van der Waals surface area contributed by atoms with Crippen LogP contribution >= 0.6 is 0 Å². The molecule has 5 aromatic rings. The molecule has 5 rings (SSSR count). The Labute approximate surface area is 207 Å². The van der Waals surface area contributed by atoms with E-state index in [1.165, 1.54) is 6.92 Å². The van der Waals surface area contributed by atoms with Crippen LogP contribution in [0.1, 0.15) is 22.8 Å². The zero-order valence-corrected chi connectivity index (χ0v) is 19.7. The van der Waals surface area contributed by atoms with Crippen molar-refractivity contribution < 1.29 is 9.59 Å². The van der Waals surface area contributed by atoms with Gasteiger partial charge in [-0.05, 0) is 73.2 Å². The lowest BCUT2D eigenvalue weighted by molar-refractivity contribution is -0.114. The molecule has 0 atom stereocenters. The van der Waals surface area contributed by atoms with Crippen molar-refractivity contribution in [2.45, 2.75) is 13.8 Å². The van der Waals surface area contributed by atoms with Crippen molar-refractivity contribution in [2.24, 2.45) is 0 Å². The fourth-order valence-corrected chi connectivity index (χ4v) is 3.83. The van der Waals surface area contributed by atoms with Crippen molar-refractivity contribution in [1.82, 2.24) is 19.9 Å². The summed E-state index contributed by atoms with van der Waals surface area (Å²) < 4.78 is 0. The standard InChI is InChI=1S/C27H23N7O2/c1-16-14-21(31-26(36)18-5-7-20(8-6-18)30-17(2)35)9-10-22(16)32-27-33-23-11-13-29-25(23)24(34-27)19-4-3-12-28-15-19/h3-15,29H,1-2H3,(H,30,35)(H,31,36)(H,32,33,34). The third-order valence-electron chi connectivity index (χ3n) is 5.54. The minimum Gasteiger partial charge on any atom is -0.358 e. The topological polar surface area (TPSA) is 125 Å². The van der Waals surface area contributed by atoms with Crippen LogP contribution in [0, 0.1) is 6.92 Å². The Bertz CT molecular complexity index is 1560. The van der Waals surface area contributed by atoms with E-state index in [0.29, 0.717) is 22.9 Å². The summed E-state index contributed by atoms with van der Waals surface area (Å²) in [7, 11) is 0. The molecule has 2 amide bonds. The van der Waals surface area contributed by atoms with E-state index in [1.54, 1.807) is 36.7 Å². The van der Waals surface area contributed by atoms with Gasteiger partial charge in [0.25, 0.3) is 5.91 Å². The molecule has 9 nitrogen and oxygen atoms in total.